The van der Waals surface area contributed by atoms with Crippen molar-refractivity contribution in [2.45, 2.75) is 24.8 Å². The van der Waals surface area contributed by atoms with Gasteiger partial charge in [0.1, 0.15) is 6.04 Å². The van der Waals surface area contributed by atoms with Gasteiger partial charge in [-0.25, -0.2) is 0 Å². The summed E-state index contributed by atoms with van der Waals surface area (Å²) in [6, 6.07) is 6.22. The molecule has 0 saturated carbocycles. The van der Waals surface area contributed by atoms with Crippen LogP contribution in [0.4, 0.5) is 26.3 Å². The molecule has 0 bridgehead atoms. The van der Waals surface area contributed by atoms with Crippen molar-refractivity contribution in [3.8, 4) is 0 Å². The second kappa shape index (κ2) is 5.70. The number of primary amides is 1. The number of hydrogen-bond acceptors (Lipinski definition) is 2. The predicted octanol–water partition coefficient (Wildman–Crippen LogP) is 3.03. The molecule has 1 amide bonds. The van der Waals surface area contributed by atoms with Gasteiger partial charge in [0.25, 0.3) is 0 Å². The number of halogens is 6. The number of likely N-dealkylation sites (tertiary alicyclic amines) is 1. The van der Waals surface area contributed by atoms with Gasteiger partial charge in [0, 0.05) is 13.1 Å². The zero-order valence-electron chi connectivity index (χ0n) is 11.8. The minimum absolute atomic E-state index is 0.264. The number of nitrogens with zero attached hydrogens (tertiary/aromatic N) is 1. The van der Waals surface area contributed by atoms with Gasteiger partial charge in [0.2, 0.25) is 5.91 Å². The van der Waals surface area contributed by atoms with Crippen LogP contribution in [0.3, 0.4) is 0 Å². The molecule has 1 atom stereocenters. The Morgan fingerprint density at radius 3 is 2.00 bits per heavy atom. The molecular weight excluding hydrogens is 326 g/mol. The maximum absolute atomic E-state index is 13.1. The molecule has 2 rings (SSSR count). The van der Waals surface area contributed by atoms with Crippen molar-refractivity contribution in [1.82, 2.24) is 4.90 Å². The molecule has 9 heteroatoms. The third kappa shape index (κ3) is 3.01. The van der Waals surface area contributed by atoms with E-state index in [0.717, 1.165) is 4.90 Å². The maximum atomic E-state index is 13.1. The second-order valence-electron chi connectivity index (χ2n) is 5.51. The van der Waals surface area contributed by atoms with Crippen LogP contribution in [0.5, 0.6) is 0 Å². The first-order valence-electron chi connectivity index (χ1n) is 6.71. The van der Waals surface area contributed by atoms with Crippen molar-refractivity contribution >= 4 is 5.91 Å². The topological polar surface area (TPSA) is 46.3 Å². The molecule has 1 heterocycles. The van der Waals surface area contributed by atoms with Crippen LogP contribution >= 0.6 is 0 Å². The monoisotopic (exact) mass is 340 g/mol. The van der Waals surface area contributed by atoms with E-state index in [1.165, 1.54) is 24.3 Å². The van der Waals surface area contributed by atoms with Crippen molar-refractivity contribution in [2.24, 2.45) is 11.1 Å². The summed E-state index contributed by atoms with van der Waals surface area (Å²) < 4.78 is 78.5. The summed E-state index contributed by atoms with van der Waals surface area (Å²) in [6.07, 6.45) is -12.1. The summed E-state index contributed by atoms with van der Waals surface area (Å²) in [5.41, 5.74) is 1.63. The largest absolute Gasteiger partial charge is 0.404 e. The van der Waals surface area contributed by atoms with E-state index in [-0.39, 0.29) is 5.56 Å². The van der Waals surface area contributed by atoms with Gasteiger partial charge in [-0.05, 0) is 12.0 Å². The number of alkyl halides is 6. The SMILES string of the molecule is NC(=O)[C@@H](c1ccccc1)N1CCC(C(F)(F)F)(C(F)(F)F)C1. The van der Waals surface area contributed by atoms with E-state index in [1.807, 2.05) is 0 Å². The summed E-state index contributed by atoms with van der Waals surface area (Å²) in [5, 5.41) is 0. The highest BCUT2D eigenvalue weighted by Crippen LogP contribution is 2.56. The molecule has 1 aliphatic heterocycles. The number of nitrogens with two attached hydrogens (primary N) is 1. The van der Waals surface area contributed by atoms with E-state index in [0.29, 0.717) is 0 Å². The van der Waals surface area contributed by atoms with E-state index < -0.39 is 49.2 Å². The predicted molar refractivity (Wildman–Crippen MR) is 69.1 cm³/mol. The Balaban J connectivity index is 2.38. The molecule has 0 aromatic heterocycles. The summed E-state index contributed by atoms with van der Waals surface area (Å²) in [4.78, 5) is 12.5. The third-order valence-electron chi connectivity index (χ3n) is 4.13. The molecule has 0 aliphatic carbocycles. The Labute approximate surface area is 128 Å². The number of benzene rings is 1. The smallest absolute Gasteiger partial charge is 0.368 e. The standard InChI is InChI=1S/C14H14F6N2O/c15-13(16,17)12(14(18,19)20)6-7-22(8-12)10(11(21)23)9-4-2-1-3-5-9/h1-5,10H,6-8H2,(H2,21,23)/t10-/m1/s1. The van der Waals surface area contributed by atoms with E-state index in [9.17, 15) is 31.1 Å². The second-order valence-corrected chi connectivity index (χ2v) is 5.51. The van der Waals surface area contributed by atoms with E-state index >= 15 is 0 Å². The molecule has 2 N–H and O–H groups in total. The van der Waals surface area contributed by atoms with Crippen LogP contribution in [0.1, 0.15) is 18.0 Å². The Kier molecular flexibility index (Phi) is 4.36. The van der Waals surface area contributed by atoms with E-state index in [2.05, 4.69) is 0 Å². The molecule has 23 heavy (non-hydrogen) atoms. The van der Waals surface area contributed by atoms with Crippen LogP contribution in [0, 0.1) is 5.41 Å². The fraction of sp³-hybridized carbons (Fsp3) is 0.500. The number of rotatable bonds is 3. The van der Waals surface area contributed by atoms with Crippen LogP contribution in [-0.2, 0) is 4.79 Å². The lowest BCUT2D eigenvalue weighted by Crippen LogP contribution is -2.52. The zero-order chi connectivity index (χ0) is 17.5. The maximum Gasteiger partial charge on any atom is 0.404 e. The Bertz CT molecular complexity index is 555. The average molecular weight is 340 g/mol. The molecule has 1 aliphatic rings. The average Bonchev–Trinajstić information content (AvgIpc) is 2.85. The van der Waals surface area contributed by atoms with E-state index in [1.54, 1.807) is 6.07 Å². The lowest BCUT2D eigenvalue weighted by Gasteiger charge is -2.34. The Hall–Kier alpha value is -1.77. The van der Waals surface area contributed by atoms with Crippen molar-refractivity contribution < 1.29 is 31.1 Å². The van der Waals surface area contributed by atoms with Gasteiger partial charge in [0.15, 0.2) is 5.41 Å². The molecule has 0 radical (unpaired) electrons. The summed E-state index contributed by atoms with van der Waals surface area (Å²) in [5.74, 6) is -0.989. The van der Waals surface area contributed by atoms with Gasteiger partial charge in [-0.15, -0.1) is 0 Å². The van der Waals surface area contributed by atoms with Crippen molar-refractivity contribution in [2.75, 3.05) is 13.1 Å². The highest BCUT2D eigenvalue weighted by Gasteiger charge is 2.72. The molecule has 1 aromatic carbocycles. The minimum atomic E-state index is -5.46. The lowest BCUT2D eigenvalue weighted by atomic mass is 9.85. The van der Waals surface area contributed by atoms with Gasteiger partial charge >= 0.3 is 12.4 Å². The number of carbonyl (C=O) groups is 1. The van der Waals surface area contributed by atoms with Crippen molar-refractivity contribution in [3.63, 3.8) is 0 Å². The van der Waals surface area contributed by atoms with Crippen LogP contribution in [-0.4, -0.2) is 36.2 Å². The normalized spacial score (nSPS) is 20.4. The summed E-state index contributed by atoms with van der Waals surface area (Å²) in [7, 11) is 0. The van der Waals surface area contributed by atoms with Crippen LogP contribution in [0.25, 0.3) is 0 Å². The first-order chi connectivity index (χ1) is 10.5. The molecular formula is C14H14F6N2O. The molecule has 0 unspecified atom stereocenters. The van der Waals surface area contributed by atoms with Gasteiger partial charge in [-0.2, -0.15) is 26.3 Å². The van der Waals surface area contributed by atoms with Crippen molar-refractivity contribution in [3.05, 3.63) is 35.9 Å². The van der Waals surface area contributed by atoms with Gasteiger partial charge < -0.3 is 5.73 Å². The highest BCUT2D eigenvalue weighted by atomic mass is 19.4. The molecule has 1 aromatic rings. The fourth-order valence-electron chi connectivity index (χ4n) is 2.87. The van der Waals surface area contributed by atoms with Crippen LogP contribution in [0.2, 0.25) is 0 Å². The molecule has 128 valence electrons. The Morgan fingerprint density at radius 1 is 1.09 bits per heavy atom. The number of amides is 1. The third-order valence-corrected chi connectivity index (χ3v) is 4.13. The quantitative estimate of drug-likeness (QED) is 0.860. The van der Waals surface area contributed by atoms with E-state index in [4.69, 9.17) is 5.73 Å². The van der Waals surface area contributed by atoms with Crippen LogP contribution in [0.15, 0.2) is 30.3 Å². The van der Waals surface area contributed by atoms with Gasteiger partial charge in [-0.1, -0.05) is 30.3 Å². The molecule has 0 spiro atoms. The van der Waals surface area contributed by atoms with Gasteiger partial charge in [0.05, 0.1) is 0 Å². The summed E-state index contributed by atoms with van der Waals surface area (Å²) in [6.45, 7) is -1.87. The zero-order valence-corrected chi connectivity index (χ0v) is 11.8. The Morgan fingerprint density at radius 2 is 1.61 bits per heavy atom. The first kappa shape index (κ1) is 17.6. The van der Waals surface area contributed by atoms with Crippen molar-refractivity contribution in [1.29, 1.82) is 0 Å². The first-order valence-corrected chi connectivity index (χ1v) is 6.71. The number of carbonyl (C=O) groups excluding carboxylic acids is 1. The lowest BCUT2D eigenvalue weighted by molar-refractivity contribution is -0.335. The molecule has 3 nitrogen and oxygen atoms in total. The highest BCUT2D eigenvalue weighted by molar-refractivity contribution is 5.81. The van der Waals surface area contributed by atoms with Crippen LogP contribution < -0.4 is 5.73 Å². The minimum Gasteiger partial charge on any atom is -0.368 e. The molecule has 1 fully saturated rings. The summed E-state index contributed by atoms with van der Waals surface area (Å²) >= 11 is 0. The fourth-order valence-corrected chi connectivity index (χ4v) is 2.87. The number of hydrogen-bond donors (Lipinski definition) is 1. The van der Waals surface area contributed by atoms with Gasteiger partial charge in [-0.3, -0.25) is 9.69 Å². The molecule has 1 saturated heterocycles.